The molecule has 8 unspecified atom stereocenters. The van der Waals surface area contributed by atoms with E-state index in [1.165, 1.54) is 12.8 Å². The van der Waals surface area contributed by atoms with Crippen molar-refractivity contribution < 1.29 is 14.9 Å². The summed E-state index contributed by atoms with van der Waals surface area (Å²) in [6, 6.07) is 0. The molecule has 0 heterocycles. The highest BCUT2D eigenvalue weighted by atomic mass is 16.6. The summed E-state index contributed by atoms with van der Waals surface area (Å²) < 4.78 is 6.45. The van der Waals surface area contributed by atoms with Gasteiger partial charge in [0.25, 0.3) is 0 Å². The van der Waals surface area contributed by atoms with Gasteiger partial charge in [-0.1, -0.05) is 20.8 Å². The summed E-state index contributed by atoms with van der Waals surface area (Å²) in [6.07, 6.45) is 7.97. The van der Waals surface area contributed by atoms with E-state index in [4.69, 9.17) is 4.74 Å². The fourth-order valence-corrected chi connectivity index (χ4v) is 8.50. The monoisotopic (exact) mass is 348 g/mol. The molecule has 0 aliphatic heterocycles. The van der Waals surface area contributed by atoms with Gasteiger partial charge >= 0.3 is 0 Å². The van der Waals surface area contributed by atoms with Gasteiger partial charge in [-0.2, -0.15) is 0 Å². The lowest BCUT2D eigenvalue weighted by molar-refractivity contribution is -0.202. The van der Waals surface area contributed by atoms with Gasteiger partial charge in [0.1, 0.15) is 0 Å². The molecule has 5 fully saturated rings. The minimum Gasteiger partial charge on any atom is -0.390 e. The molecule has 3 nitrogen and oxygen atoms in total. The lowest BCUT2D eigenvalue weighted by Gasteiger charge is -2.61. The topological polar surface area (TPSA) is 49.7 Å². The third kappa shape index (κ3) is 2.34. The van der Waals surface area contributed by atoms with Crippen molar-refractivity contribution in [2.24, 2.45) is 40.4 Å². The van der Waals surface area contributed by atoms with Crippen molar-refractivity contribution in [2.75, 3.05) is 0 Å². The molecule has 1 spiro atoms. The molecular weight excluding hydrogens is 312 g/mol. The summed E-state index contributed by atoms with van der Waals surface area (Å²) in [7, 11) is 0. The summed E-state index contributed by atoms with van der Waals surface area (Å²) in [5.74, 6) is 3.74. The molecule has 5 saturated carbocycles. The van der Waals surface area contributed by atoms with E-state index in [0.717, 1.165) is 62.2 Å². The van der Waals surface area contributed by atoms with E-state index in [-0.39, 0.29) is 11.0 Å². The summed E-state index contributed by atoms with van der Waals surface area (Å²) in [5, 5.41) is 21.3. The van der Waals surface area contributed by atoms with Crippen LogP contribution in [0.15, 0.2) is 0 Å². The van der Waals surface area contributed by atoms with Crippen molar-refractivity contribution in [3.63, 3.8) is 0 Å². The summed E-state index contributed by atoms with van der Waals surface area (Å²) in [5.41, 5.74) is 0.249. The maximum absolute atomic E-state index is 10.8. The van der Waals surface area contributed by atoms with Gasteiger partial charge in [0.2, 0.25) is 0 Å². The van der Waals surface area contributed by atoms with Crippen LogP contribution in [-0.2, 0) is 4.74 Å². The van der Waals surface area contributed by atoms with Crippen molar-refractivity contribution >= 4 is 0 Å². The Kier molecular flexibility index (Phi) is 3.29. The van der Waals surface area contributed by atoms with Crippen molar-refractivity contribution in [1.29, 1.82) is 0 Å². The van der Waals surface area contributed by atoms with Crippen molar-refractivity contribution in [1.82, 2.24) is 0 Å². The van der Waals surface area contributed by atoms with Gasteiger partial charge in [-0.15, -0.1) is 0 Å². The number of ether oxygens (including phenoxy) is 1. The van der Waals surface area contributed by atoms with Crippen LogP contribution in [-0.4, -0.2) is 27.7 Å². The summed E-state index contributed by atoms with van der Waals surface area (Å²) in [4.78, 5) is 0. The smallest absolute Gasteiger partial charge is 0.155 e. The standard InChI is InChI=1S/C22H36O3/c1-19(2,3)6-5-17(23)25-21-7-13-8-22(12-21)16(11-21)15-10-20(4,24)9-14(13)18(15)22/h13-18,23-24H,5-12H2,1-4H3/t13?,14?,15?,16?,17-,18?,20?,21?,22?/m1/s1. The fraction of sp³-hybridized carbons (Fsp3) is 1.00. The Hall–Kier alpha value is -0.120. The highest BCUT2D eigenvalue weighted by Crippen LogP contribution is 2.83. The Morgan fingerprint density at radius 3 is 2.52 bits per heavy atom. The Bertz CT molecular complexity index is 574. The zero-order valence-corrected chi connectivity index (χ0v) is 16.4. The molecule has 25 heavy (non-hydrogen) atoms. The highest BCUT2D eigenvalue weighted by Gasteiger charge is 2.79. The van der Waals surface area contributed by atoms with E-state index in [0.29, 0.717) is 11.3 Å². The van der Waals surface area contributed by atoms with Gasteiger partial charge in [0, 0.05) is 0 Å². The molecule has 9 atom stereocenters. The van der Waals surface area contributed by atoms with E-state index in [2.05, 4.69) is 27.7 Å². The van der Waals surface area contributed by atoms with Crippen LogP contribution in [0, 0.1) is 40.4 Å². The number of aliphatic hydroxyl groups excluding tert-OH is 1. The van der Waals surface area contributed by atoms with Crippen molar-refractivity contribution in [3.8, 4) is 0 Å². The molecule has 0 radical (unpaired) electrons. The maximum Gasteiger partial charge on any atom is 0.155 e. The van der Waals surface area contributed by atoms with Crippen LogP contribution >= 0.6 is 0 Å². The van der Waals surface area contributed by atoms with Crippen LogP contribution < -0.4 is 0 Å². The van der Waals surface area contributed by atoms with E-state index in [1.54, 1.807) is 0 Å². The maximum atomic E-state index is 10.8. The van der Waals surface area contributed by atoms with Gasteiger partial charge in [-0.3, -0.25) is 0 Å². The first kappa shape index (κ1) is 17.0. The van der Waals surface area contributed by atoms with Crippen LogP contribution in [0.3, 0.4) is 0 Å². The van der Waals surface area contributed by atoms with Crippen LogP contribution in [0.5, 0.6) is 0 Å². The highest BCUT2D eigenvalue weighted by molar-refractivity contribution is 5.28. The average molecular weight is 349 g/mol. The first-order valence-corrected chi connectivity index (χ1v) is 10.6. The molecule has 0 aromatic carbocycles. The number of fused-ring (bicyclic) bond motifs is 4. The van der Waals surface area contributed by atoms with Crippen LogP contribution in [0.2, 0.25) is 0 Å². The molecule has 5 aliphatic carbocycles. The Labute approximate surface area is 152 Å². The minimum absolute atomic E-state index is 0.0597. The second-order valence-corrected chi connectivity index (χ2v) is 12.0. The molecule has 2 N–H and O–H groups in total. The predicted octanol–water partition coefficient (Wildman–Crippen LogP) is 4.11. The van der Waals surface area contributed by atoms with Crippen molar-refractivity contribution in [3.05, 3.63) is 0 Å². The second kappa shape index (κ2) is 4.83. The van der Waals surface area contributed by atoms with Gasteiger partial charge in [0.15, 0.2) is 6.29 Å². The first-order valence-electron chi connectivity index (χ1n) is 10.6. The zero-order chi connectivity index (χ0) is 17.8. The van der Waals surface area contributed by atoms with Crippen molar-refractivity contribution in [2.45, 2.75) is 96.6 Å². The van der Waals surface area contributed by atoms with Crippen LogP contribution in [0.1, 0.15) is 79.1 Å². The molecule has 142 valence electrons. The minimum atomic E-state index is -0.605. The third-order valence-corrected chi connectivity index (χ3v) is 8.85. The third-order valence-electron chi connectivity index (χ3n) is 8.85. The molecule has 5 rings (SSSR count). The molecule has 3 bridgehead atoms. The number of rotatable bonds is 4. The van der Waals surface area contributed by atoms with Gasteiger partial charge in [-0.25, -0.2) is 0 Å². The quantitative estimate of drug-likeness (QED) is 0.752. The number of hydrogen-bond donors (Lipinski definition) is 2. The van der Waals surface area contributed by atoms with E-state index >= 15 is 0 Å². The average Bonchev–Trinajstić information content (AvgIpc) is 2.79. The normalized spacial score (nSPS) is 56.6. The summed E-state index contributed by atoms with van der Waals surface area (Å²) >= 11 is 0. The molecule has 5 aliphatic rings. The summed E-state index contributed by atoms with van der Waals surface area (Å²) in [6.45, 7) is 8.75. The van der Waals surface area contributed by atoms with E-state index in [1.807, 2.05) is 0 Å². The molecule has 0 amide bonds. The van der Waals surface area contributed by atoms with E-state index in [9.17, 15) is 10.2 Å². The second-order valence-electron chi connectivity index (χ2n) is 12.0. The Balaban J connectivity index is 1.35. The lowest BCUT2D eigenvalue weighted by atomic mass is 9.43. The lowest BCUT2D eigenvalue weighted by Crippen LogP contribution is -2.58. The predicted molar refractivity (Wildman–Crippen MR) is 96.7 cm³/mol. The number of hydrogen-bond acceptors (Lipinski definition) is 3. The van der Waals surface area contributed by atoms with Crippen LogP contribution in [0.4, 0.5) is 0 Å². The largest absolute Gasteiger partial charge is 0.390 e. The molecule has 0 aromatic heterocycles. The molecule has 0 saturated heterocycles. The Morgan fingerprint density at radius 2 is 1.80 bits per heavy atom. The molecular formula is C22H36O3. The van der Waals surface area contributed by atoms with Gasteiger partial charge in [0.05, 0.1) is 11.2 Å². The van der Waals surface area contributed by atoms with Crippen LogP contribution in [0.25, 0.3) is 0 Å². The fourth-order valence-electron chi connectivity index (χ4n) is 8.50. The molecule has 0 aromatic rings. The zero-order valence-electron chi connectivity index (χ0n) is 16.4. The molecule has 3 heteroatoms. The number of aliphatic hydroxyl groups is 2. The van der Waals surface area contributed by atoms with Gasteiger partial charge < -0.3 is 14.9 Å². The SMILES string of the molecule is CC(C)(C)CC[C@H](O)OC12CC3CC4(C1)C(C2)C1CC(C)(O)CC3C14. The van der Waals surface area contributed by atoms with Gasteiger partial charge in [-0.05, 0) is 98.7 Å². The first-order chi connectivity index (χ1) is 11.5. The Morgan fingerprint density at radius 1 is 1.08 bits per heavy atom. The van der Waals surface area contributed by atoms with E-state index < -0.39 is 11.9 Å².